The first-order valence-corrected chi connectivity index (χ1v) is 23.2. The summed E-state index contributed by atoms with van der Waals surface area (Å²) in [6.07, 6.45) is 3.23. The Hall–Kier alpha value is -2.17. The first-order valence-electron chi connectivity index (χ1n) is 22.8. The number of fused-ring (bicyclic) bond motifs is 5. The van der Waals surface area contributed by atoms with Crippen LogP contribution in [0.3, 0.4) is 0 Å². The van der Waals surface area contributed by atoms with Gasteiger partial charge in [0.1, 0.15) is 24.4 Å². The van der Waals surface area contributed by atoms with Crippen LogP contribution in [0.1, 0.15) is 85.5 Å². The number of carbonyl (C=O) groups excluding carboxylic acids is 2. The molecule has 0 bridgehead atoms. The highest BCUT2D eigenvalue weighted by molar-refractivity contribution is 6.30. The molecule has 0 spiro atoms. The molecule has 0 aromatic heterocycles. The highest BCUT2D eigenvalue weighted by Gasteiger charge is 2.60. The van der Waals surface area contributed by atoms with Crippen LogP contribution in [0.2, 0.25) is 5.02 Å². The number of methoxy groups -OCH3 is 3. The van der Waals surface area contributed by atoms with E-state index in [4.69, 9.17) is 49.5 Å². The van der Waals surface area contributed by atoms with Crippen LogP contribution in [0.5, 0.6) is 0 Å². The predicted molar refractivity (Wildman–Crippen MR) is 230 cm³/mol. The van der Waals surface area contributed by atoms with Gasteiger partial charge in [0.2, 0.25) is 0 Å². The maximum absolute atomic E-state index is 15.1. The third kappa shape index (κ3) is 9.92. The summed E-state index contributed by atoms with van der Waals surface area (Å²) >= 11 is 6.48. The van der Waals surface area contributed by atoms with Crippen LogP contribution in [-0.4, -0.2) is 137 Å². The van der Waals surface area contributed by atoms with Crippen LogP contribution in [0, 0.1) is 35.5 Å². The van der Waals surface area contributed by atoms with Gasteiger partial charge in [-0.3, -0.25) is 9.59 Å². The number of benzene rings is 1. The number of ketones is 1. The average Bonchev–Trinajstić information content (AvgIpc) is 3.82. The van der Waals surface area contributed by atoms with E-state index in [2.05, 4.69) is 37.3 Å². The lowest BCUT2D eigenvalue weighted by molar-refractivity contribution is -0.314. The molecular formula is C47H71ClN2O11. The van der Waals surface area contributed by atoms with Crippen molar-refractivity contribution in [3.63, 3.8) is 0 Å². The SMILES string of the molecule is CC[C@H]1CCC[C@H](O[C@H]2CC[C@H](N(C)C)C(C)O2)[C@@H](C)C(=O)C2=C[C@H]3[C@@H]4C[C@H](O[C@@H]5OC(C)[C@H](OC)C(OC)[C@@H]5OC)C[C@H]4[C@H](Nc4cccc(Cl)c4)[C@@H](O)[C@H]3[C@@H]2CC(=O)O1. The number of Topliss-reactive ketones (excluding diaryl/α,β-unsaturated/α-hetero) is 1. The minimum absolute atomic E-state index is 0.00329. The number of hydrogen-bond donors (Lipinski definition) is 2. The van der Waals surface area contributed by atoms with Crippen molar-refractivity contribution in [2.45, 2.75) is 165 Å². The number of halogens is 1. The molecule has 2 saturated carbocycles. The molecule has 3 aliphatic heterocycles. The molecule has 7 rings (SSSR count). The summed E-state index contributed by atoms with van der Waals surface area (Å²) in [4.78, 5) is 31.2. The number of rotatable bonds is 11. The van der Waals surface area contributed by atoms with Crippen LogP contribution in [-0.2, 0) is 47.5 Å². The molecule has 342 valence electrons. The van der Waals surface area contributed by atoms with Crippen molar-refractivity contribution in [1.82, 2.24) is 4.90 Å². The fraction of sp³-hybridized carbons (Fsp3) is 0.787. The summed E-state index contributed by atoms with van der Waals surface area (Å²) in [6, 6.07) is 7.36. The molecule has 3 saturated heterocycles. The van der Waals surface area contributed by atoms with Crippen molar-refractivity contribution in [3.05, 3.63) is 40.9 Å². The second kappa shape index (κ2) is 20.3. The number of nitrogens with zero attached hydrogens (tertiary/aromatic N) is 1. The van der Waals surface area contributed by atoms with Gasteiger partial charge < -0.3 is 53.2 Å². The van der Waals surface area contributed by atoms with Gasteiger partial charge in [-0.05, 0) is 121 Å². The minimum Gasteiger partial charge on any atom is -0.462 e. The molecule has 0 radical (unpaired) electrons. The lowest BCUT2D eigenvalue weighted by Gasteiger charge is -2.47. The Morgan fingerprint density at radius 3 is 2.31 bits per heavy atom. The van der Waals surface area contributed by atoms with E-state index in [1.54, 1.807) is 21.3 Å². The number of ether oxygens (including phenoxy) is 8. The van der Waals surface area contributed by atoms with Gasteiger partial charge in [-0.2, -0.15) is 0 Å². The Morgan fingerprint density at radius 1 is 0.902 bits per heavy atom. The summed E-state index contributed by atoms with van der Waals surface area (Å²) in [5.41, 5.74) is 1.38. The zero-order chi connectivity index (χ0) is 43.7. The van der Waals surface area contributed by atoms with Crippen molar-refractivity contribution in [1.29, 1.82) is 0 Å². The maximum Gasteiger partial charge on any atom is 0.306 e. The monoisotopic (exact) mass is 874 g/mol. The molecule has 0 amide bonds. The summed E-state index contributed by atoms with van der Waals surface area (Å²) in [5, 5.41) is 17.0. The predicted octanol–water partition coefficient (Wildman–Crippen LogP) is 6.43. The van der Waals surface area contributed by atoms with Crippen molar-refractivity contribution < 1.29 is 52.6 Å². The van der Waals surface area contributed by atoms with Crippen LogP contribution in [0.4, 0.5) is 5.69 Å². The second-order valence-corrected chi connectivity index (χ2v) is 19.2. The molecular weight excluding hydrogens is 804 g/mol. The number of esters is 1. The molecule has 3 heterocycles. The number of likely N-dealkylation sites (N-methyl/N-ethyl adjacent to an activating group) is 1. The quantitative estimate of drug-likeness (QED) is 0.236. The second-order valence-electron chi connectivity index (χ2n) is 18.8. The van der Waals surface area contributed by atoms with Gasteiger partial charge in [-0.25, -0.2) is 0 Å². The Labute approximate surface area is 367 Å². The van der Waals surface area contributed by atoms with Gasteiger partial charge >= 0.3 is 5.97 Å². The van der Waals surface area contributed by atoms with E-state index in [9.17, 15) is 9.90 Å². The number of anilines is 1. The summed E-state index contributed by atoms with van der Waals surface area (Å²) in [7, 11) is 9.04. The summed E-state index contributed by atoms with van der Waals surface area (Å²) < 4.78 is 50.2. The number of allylic oxidation sites excluding steroid dienone is 2. The van der Waals surface area contributed by atoms with E-state index in [1.807, 2.05) is 45.0 Å². The largest absolute Gasteiger partial charge is 0.462 e. The molecule has 19 atom stereocenters. The van der Waals surface area contributed by atoms with Gasteiger partial charge in [0.05, 0.1) is 43.0 Å². The van der Waals surface area contributed by atoms with Crippen molar-refractivity contribution in [2.75, 3.05) is 40.7 Å². The summed E-state index contributed by atoms with van der Waals surface area (Å²) in [6.45, 7) is 8.03. The minimum atomic E-state index is -0.916. The van der Waals surface area contributed by atoms with E-state index < -0.39 is 60.8 Å². The number of cyclic esters (lactones) is 1. The standard InChI is InChI=1S/C47H71ClN2O11/c1-10-29-15-12-16-37(61-39-18-17-36(50(5)6)25(3)57-39)24(2)42(52)35-22-32-31-20-30(60-47-46(56-9)45(55-8)44(54-7)26(4)58-47)21-34(31)41(49-28-14-11-13-27(48)19-28)43(53)40(32)33(35)23-38(51)59-29/h11,13-14,19,22,24-26,29-34,36-37,39-41,43-47,49,53H,10,12,15-18,20-21,23H2,1-9H3/t24-,25?,26?,29+,30+,31+,32+,33-,34-,36+,37+,39+,40-,41+,43+,44+,45?,46+,47+/m1/s1. The van der Waals surface area contributed by atoms with E-state index in [0.717, 1.165) is 24.9 Å². The molecule has 61 heavy (non-hydrogen) atoms. The zero-order valence-electron chi connectivity index (χ0n) is 37.6. The van der Waals surface area contributed by atoms with Crippen LogP contribution >= 0.6 is 11.6 Å². The molecule has 5 fully saturated rings. The fourth-order valence-corrected chi connectivity index (χ4v) is 12.2. The fourth-order valence-electron chi connectivity index (χ4n) is 12.0. The van der Waals surface area contributed by atoms with Gasteiger partial charge in [-0.1, -0.05) is 37.6 Å². The number of hydrogen-bond acceptors (Lipinski definition) is 13. The number of aliphatic hydroxyl groups excluding tert-OH is 1. The molecule has 3 unspecified atom stereocenters. The smallest absolute Gasteiger partial charge is 0.306 e. The number of aliphatic hydroxyl groups is 1. The topological polar surface area (TPSA) is 143 Å². The molecule has 2 N–H and O–H groups in total. The lowest BCUT2D eigenvalue weighted by Crippen LogP contribution is -2.59. The van der Waals surface area contributed by atoms with Gasteiger partial charge in [-0.15, -0.1) is 0 Å². The molecule has 1 aromatic rings. The van der Waals surface area contributed by atoms with E-state index in [-0.39, 0.29) is 66.4 Å². The van der Waals surface area contributed by atoms with Gasteiger partial charge in [0.15, 0.2) is 18.4 Å². The van der Waals surface area contributed by atoms with E-state index >= 15 is 4.79 Å². The van der Waals surface area contributed by atoms with Gasteiger partial charge in [0.25, 0.3) is 0 Å². The maximum atomic E-state index is 15.1. The van der Waals surface area contributed by atoms with E-state index in [1.165, 1.54) is 0 Å². The number of carbonyl (C=O) groups is 2. The highest BCUT2D eigenvalue weighted by Crippen LogP contribution is 2.57. The van der Waals surface area contributed by atoms with Crippen LogP contribution in [0.15, 0.2) is 35.9 Å². The van der Waals surface area contributed by atoms with Crippen LogP contribution in [0.25, 0.3) is 0 Å². The highest BCUT2D eigenvalue weighted by atomic mass is 35.5. The molecule has 13 nitrogen and oxygen atoms in total. The normalized spacial score (nSPS) is 43.3. The molecule has 14 heteroatoms. The molecule has 6 aliphatic rings. The van der Waals surface area contributed by atoms with Crippen molar-refractivity contribution >= 4 is 29.0 Å². The Kier molecular flexibility index (Phi) is 15.6. The lowest BCUT2D eigenvalue weighted by atomic mass is 9.62. The Morgan fingerprint density at radius 2 is 1.64 bits per heavy atom. The average molecular weight is 876 g/mol. The first-order chi connectivity index (χ1) is 29.3. The summed E-state index contributed by atoms with van der Waals surface area (Å²) in [5.74, 6) is -2.10. The third-order valence-electron chi connectivity index (χ3n) is 15.1. The first kappa shape index (κ1) is 46.8. The molecule has 3 aliphatic carbocycles. The van der Waals surface area contributed by atoms with Crippen molar-refractivity contribution in [2.24, 2.45) is 35.5 Å². The van der Waals surface area contributed by atoms with Crippen LogP contribution < -0.4 is 5.32 Å². The Bertz CT molecular complexity index is 1680. The zero-order valence-corrected chi connectivity index (χ0v) is 38.3. The number of nitrogens with one attached hydrogen (secondary N) is 1. The molecule has 1 aromatic carbocycles. The van der Waals surface area contributed by atoms with Gasteiger partial charge in [0, 0.05) is 55.8 Å². The van der Waals surface area contributed by atoms with Crippen molar-refractivity contribution in [3.8, 4) is 0 Å². The Balaban J connectivity index is 1.20. The third-order valence-corrected chi connectivity index (χ3v) is 15.3. The van der Waals surface area contributed by atoms with E-state index in [0.29, 0.717) is 48.7 Å².